The monoisotopic (exact) mass is 274 g/mol. The third-order valence-corrected chi connectivity index (χ3v) is 3.04. The molecule has 2 rings (SSSR count). The number of aromatic nitrogens is 1. The van der Waals surface area contributed by atoms with Crippen molar-refractivity contribution in [3.63, 3.8) is 0 Å². The third kappa shape index (κ3) is 3.92. The fraction of sp³-hybridized carbons (Fsp3) is 0.438. The van der Waals surface area contributed by atoms with Crippen molar-refractivity contribution in [2.45, 2.75) is 19.4 Å². The van der Waals surface area contributed by atoms with Crippen molar-refractivity contribution in [3.8, 4) is 5.75 Å². The van der Waals surface area contributed by atoms with Crippen molar-refractivity contribution in [3.05, 3.63) is 36.5 Å². The van der Waals surface area contributed by atoms with Gasteiger partial charge in [-0.05, 0) is 25.1 Å². The number of benzene rings is 1. The first kappa shape index (κ1) is 14.8. The molecule has 0 saturated carbocycles. The molecule has 0 radical (unpaired) electrons. The Morgan fingerprint density at radius 1 is 1.25 bits per heavy atom. The highest BCUT2D eigenvalue weighted by atomic mass is 16.5. The molecular weight excluding hydrogens is 252 g/mol. The number of fused-ring (bicyclic) bond motifs is 1. The molecule has 20 heavy (non-hydrogen) atoms. The van der Waals surface area contributed by atoms with Crippen LogP contribution in [0, 0.1) is 0 Å². The molecule has 1 N–H and O–H groups in total. The average molecular weight is 274 g/mol. The molecule has 0 aliphatic carbocycles. The van der Waals surface area contributed by atoms with Gasteiger partial charge in [0.25, 0.3) is 0 Å². The fourth-order valence-electron chi connectivity index (χ4n) is 2.11. The zero-order chi connectivity index (χ0) is 14.2. The predicted molar refractivity (Wildman–Crippen MR) is 81.2 cm³/mol. The SMILES string of the molecule is CCCNCC(COC)Oc1cccc2cccnc12. The molecule has 1 aromatic carbocycles. The first-order valence-corrected chi connectivity index (χ1v) is 7.05. The van der Waals surface area contributed by atoms with E-state index in [2.05, 4.69) is 17.2 Å². The van der Waals surface area contributed by atoms with E-state index in [-0.39, 0.29) is 6.10 Å². The summed E-state index contributed by atoms with van der Waals surface area (Å²) in [5.41, 5.74) is 0.895. The molecule has 4 heteroatoms. The normalized spacial score (nSPS) is 12.5. The first-order valence-electron chi connectivity index (χ1n) is 7.05. The van der Waals surface area contributed by atoms with Gasteiger partial charge >= 0.3 is 0 Å². The number of rotatable bonds is 8. The summed E-state index contributed by atoms with van der Waals surface area (Å²) in [6, 6.07) is 9.95. The van der Waals surface area contributed by atoms with Gasteiger partial charge in [-0.3, -0.25) is 4.98 Å². The van der Waals surface area contributed by atoms with Gasteiger partial charge in [-0.25, -0.2) is 0 Å². The molecule has 108 valence electrons. The maximum atomic E-state index is 6.06. The van der Waals surface area contributed by atoms with Crippen LogP contribution in [-0.4, -0.2) is 37.9 Å². The number of pyridine rings is 1. The van der Waals surface area contributed by atoms with E-state index < -0.39 is 0 Å². The van der Waals surface area contributed by atoms with Gasteiger partial charge in [-0.1, -0.05) is 25.1 Å². The lowest BCUT2D eigenvalue weighted by molar-refractivity contribution is 0.0816. The van der Waals surface area contributed by atoms with Crippen LogP contribution in [0.25, 0.3) is 10.9 Å². The van der Waals surface area contributed by atoms with Gasteiger partial charge in [0, 0.05) is 25.2 Å². The van der Waals surface area contributed by atoms with Crippen LogP contribution in [0.3, 0.4) is 0 Å². The van der Waals surface area contributed by atoms with Crippen molar-refractivity contribution < 1.29 is 9.47 Å². The molecule has 0 fully saturated rings. The number of hydrogen-bond donors (Lipinski definition) is 1. The minimum Gasteiger partial charge on any atom is -0.484 e. The quantitative estimate of drug-likeness (QED) is 0.752. The Morgan fingerprint density at radius 2 is 2.10 bits per heavy atom. The summed E-state index contributed by atoms with van der Waals surface area (Å²) in [5, 5.41) is 4.45. The zero-order valence-electron chi connectivity index (χ0n) is 12.1. The second-order valence-electron chi connectivity index (χ2n) is 4.73. The maximum Gasteiger partial charge on any atom is 0.146 e. The summed E-state index contributed by atoms with van der Waals surface area (Å²) >= 11 is 0. The van der Waals surface area contributed by atoms with Gasteiger partial charge < -0.3 is 14.8 Å². The molecular formula is C16H22N2O2. The van der Waals surface area contributed by atoms with E-state index in [1.54, 1.807) is 13.3 Å². The molecule has 0 bridgehead atoms. The Balaban J connectivity index is 2.11. The van der Waals surface area contributed by atoms with E-state index in [4.69, 9.17) is 9.47 Å². The Bertz CT molecular complexity index is 525. The smallest absolute Gasteiger partial charge is 0.146 e. The van der Waals surface area contributed by atoms with Gasteiger partial charge in [0.05, 0.1) is 6.61 Å². The van der Waals surface area contributed by atoms with Crippen LogP contribution in [0.4, 0.5) is 0 Å². The van der Waals surface area contributed by atoms with Crippen LogP contribution < -0.4 is 10.1 Å². The van der Waals surface area contributed by atoms with E-state index in [1.807, 2.05) is 30.3 Å². The Hall–Kier alpha value is -1.65. The second-order valence-corrected chi connectivity index (χ2v) is 4.73. The van der Waals surface area contributed by atoms with Crippen LogP contribution in [0.2, 0.25) is 0 Å². The van der Waals surface area contributed by atoms with Crippen molar-refractivity contribution in [1.29, 1.82) is 0 Å². The van der Waals surface area contributed by atoms with Gasteiger partial charge in [-0.15, -0.1) is 0 Å². The Morgan fingerprint density at radius 3 is 2.90 bits per heavy atom. The largest absolute Gasteiger partial charge is 0.484 e. The number of methoxy groups -OCH3 is 1. The van der Waals surface area contributed by atoms with Gasteiger partial charge in [0.1, 0.15) is 17.4 Å². The second kappa shape index (κ2) is 7.82. The number of nitrogens with zero attached hydrogens (tertiary/aromatic N) is 1. The van der Waals surface area contributed by atoms with Crippen molar-refractivity contribution in [2.24, 2.45) is 0 Å². The highest BCUT2D eigenvalue weighted by Gasteiger charge is 2.12. The van der Waals surface area contributed by atoms with Crippen molar-refractivity contribution >= 4 is 10.9 Å². The number of nitrogens with one attached hydrogen (secondary N) is 1. The van der Waals surface area contributed by atoms with E-state index in [9.17, 15) is 0 Å². The van der Waals surface area contributed by atoms with E-state index >= 15 is 0 Å². The molecule has 1 atom stereocenters. The van der Waals surface area contributed by atoms with Crippen LogP contribution in [0.15, 0.2) is 36.5 Å². The fourth-order valence-corrected chi connectivity index (χ4v) is 2.11. The van der Waals surface area contributed by atoms with Crippen LogP contribution >= 0.6 is 0 Å². The summed E-state index contributed by atoms with van der Waals surface area (Å²) in [5.74, 6) is 0.809. The van der Waals surface area contributed by atoms with E-state index in [0.717, 1.165) is 36.2 Å². The molecule has 0 aliphatic heterocycles. The molecule has 1 aromatic heterocycles. The lowest BCUT2D eigenvalue weighted by atomic mass is 10.2. The lowest BCUT2D eigenvalue weighted by Gasteiger charge is -2.19. The van der Waals surface area contributed by atoms with E-state index in [1.165, 1.54) is 0 Å². The maximum absolute atomic E-state index is 6.06. The van der Waals surface area contributed by atoms with Crippen molar-refractivity contribution in [2.75, 3.05) is 26.8 Å². The van der Waals surface area contributed by atoms with Gasteiger partial charge in [-0.2, -0.15) is 0 Å². The predicted octanol–water partition coefficient (Wildman–Crippen LogP) is 2.63. The molecule has 1 unspecified atom stereocenters. The van der Waals surface area contributed by atoms with Crippen LogP contribution in [0.1, 0.15) is 13.3 Å². The molecule has 2 aromatic rings. The molecule has 0 amide bonds. The van der Waals surface area contributed by atoms with Gasteiger partial charge in [0.2, 0.25) is 0 Å². The molecule has 4 nitrogen and oxygen atoms in total. The molecule has 1 heterocycles. The Labute approximate surface area is 120 Å². The minimum absolute atomic E-state index is 0.0147. The molecule has 0 spiro atoms. The first-order chi connectivity index (χ1) is 9.85. The average Bonchev–Trinajstić information content (AvgIpc) is 2.48. The topological polar surface area (TPSA) is 43.4 Å². The molecule has 0 saturated heterocycles. The van der Waals surface area contributed by atoms with Crippen molar-refractivity contribution in [1.82, 2.24) is 10.3 Å². The lowest BCUT2D eigenvalue weighted by Crippen LogP contribution is -2.35. The number of para-hydroxylation sites is 1. The number of ether oxygens (including phenoxy) is 2. The highest BCUT2D eigenvalue weighted by Crippen LogP contribution is 2.23. The standard InChI is InChI=1S/C16H22N2O2/c1-3-9-17-11-14(12-19-2)20-15-8-4-6-13-7-5-10-18-16(13)15/h4-8,10,14,17H,3,9,11-12H2,1-2H3. The van der Waals surface area contributed by atoms with Gasteiger partial charge in [0.15, 0.2) is 0 Å². The van der Waals surface area contributed by atoms with Crippen LogP contribution in [-0.2, 0) is 4.74 Å². The highest BCUT2D eigenvalue weighted by molar-refractivity contribution is 5.84. The van der Waals surface area contributed by atoms with Crippen LogP contribution in [0.5, 0.6) is 5.75 Å². The summed E-state index contributed by atoms with van der Waals surface area (Å²) in [6.07, 6.45) is 2.88. The summed E-state index contributed by atoms with van der Waals surface area (Å²) in [7, 11) is 1.69. The van der Waals surface area contributed by atoms with E-state index in [0.29, 0.717) is 6.61 Å². The third-order valence-electron chi connectivity index (χ3n) is 3.04. The zero-order valence-corrected chi connectivity index (χ0v) is 12.1. The number of hydrogen-bond acceptors (Lipinski definition) is 4. The summed E-state index contributed by atoms with van der Waals surface area (Å²) < 4.78 is 11.3. The molecule has 0 aliphatic rings. The summed E-state index contributed by atoms with van der Waals surface area (Å²) in [4.78, 5) is 4.40. The Kier molecular flexibility index (Phi) is 5.77. The summed E-state index contributed by atoms with van der Waals surface area (Å²) in [6.45, 7) is 4.45. The minimum atomic E-state index is -0.0147.